The van der Waals surface area contributed by atoms with E-state index in [9.17, 15) is 0 Å². The van der Waals surface area contributed by atoms with E-state index < -0.39 is 0 Å². The van der Waals surface area contributed by atoms with Crippen LogP contribution < -0.4 is 4.74 Å². The first-order valence-electron chi connectivity index (χ1n) is 7.36. The first-order chi connectivity index (χ1) is 10.4. The van der Waals surface area contributed by atoms with Crippen molar-refractivity contribution in [2.75, 3.05) is 26.4 Å². The van der Waals surface area contributed by atoms with Crippen LogP contribution in [0.15, 0.2) is 23.5 Å². The van der Waals surface area contributed by atoms with Crippen LogP contribution in [-0.4, -0.2) is 43.9 Å². The molecule has 0 bridgehead atoms. The zero-order valence-electron chi connectivity index (χ0n) is 12.4. The Hall–Kier alpha value is -1.66. The van der Waals surface area contributed by atoms with Crippen LogP contribution in [0.5, 0.6) is 5.88 Å². The number of ether oxygens (including phenoxy) is 3. The van der Waals surface area contributed by atoms with Gasteiger partial charge >= 0.3 is 0 Å². The third-order valence-electron chi connectivity index (χ3n) is 2.94. The second-order valence-electron chi connectivity index (χ2n) is 4.60. The van der Waals surface area contributed by atoms with Crippen LogP contribution in [0.2, 0.25) is 0 Å². The maximum atomic E-state index is 5.53. The summed E-state index contributed by atoms with van der Waals surface area (Å²) in [5.41, 5.74) is 0.856. The molecule has 116 valence electrons. The lowest BCUT2D eigenvalue weighted by atomic mass is 10.2. The monoisotopic (exact) mass is 294 g/mol. The number of hydrogen-bond donors (Lipinski definition) is 0. The fourth-order valence-corrected chi connectivity index (χ4v) is 1.91. The van der Waals surface area contributed by atoms with Crippen LogP contribution >= 0.6 is 0 Å². The van der Waals surface area contributed by atoms with E-state index in [1.165, 1.54) is 0 Å². The van der Waals surface area contributed by atoms with Gasteiger partial charge in [-0.2, -0.15) is 0 Å². The maximum Gasteiger partial charge on any atom is 0.213 e. The summed E-state index contributed by atoms with van der Waals surface area (Å²) in [7, 11) is 0. The Morgan fingerprint density at radius 1 is 1.38 bits per heavy atom. The molecule has 21 heavy (non-hydrogen) atoms. The van der Waals surface area contributed by atoms with Crippen LogP contribution in [-0.2, 0) is 14.3 Å². The van der Waals surface area contributed by atoms with Gasteiger partial charge in [0, 0.05) is 24.4 Å². The highest BCUT2D eigenvalue weighted by Gasteiger charge is 2.13. The van der Waals surface area contributed by atoms with Crippen molar-refractivity contribution < 1.29 is 19.0 Å². The minimum Gasteiger partial charge on any atom is -0.478 e. The molecule has 0 aromatic carbocycles. The molecular weight excluding hydrogens is 272 g/mol. The van der Waals surface area contributed by atoms with E-state index in [2.05, 4.69) is 10.1 Å². The molecule has 0 spiro atoms. The zero-order valence-corrected chi connectivity index (χ0v) is 12.4. The van der Waals surface area contributed by atoms with E-state index >= 15 is 0 Å². The SMILES string of the molecule is CCOc1ccc(C=NOCCOC2CCCCO2)cn1. The lowest BCUT2D eigenvalue weighted by molar-refractivity contribution is -0.168. The number of aromatic nitrogens is 1. The molecule has 0 N–H and O–H groups in total. The number of oxime groups is 1. The van der Waals surface area contributed by atoms with Crippen LogP contribution in [0.25, 0.3) is 0 Å². The van der Waals surface area contributed by atoms with Gasteiger partial charge in [0.1, 0.15) is 6.61 Å². The standard InChI is InChI=1S/C15H22N2O4/c1-2-18-14-7-6-13(11-16-14)12-17-21-10-9-20-15-5-3-4-8-19-15/h6-7,11-12,15H,2-5,8-10H2,1H3. The summed E-state index contributed by atoms with van der Waals surface area (Å²) in [4.78, 5) is 9.27. The Balaban J connectivity index is 1.59. The van der Waals surface area contributed by atoms with Crippen LogP contribution in [0.3, 0.4) is 0 Å². The third-order valence-corrected chi connectivity index (χ3v) is 2.94. The van der Waals surface area contributed by atoms with Crippen molar-refractivity contribution in [1.82, 2.24) is 4.98 Å². The highest BCUT2D eigenvalue weighted by molar-refractivity contribution is 5.78. The smallest absolute Gasteiger partial charge is 0.213 e. The summed E-state index contributed by atoms with van der Waals surface area (Å²) < 4.78 is 16.2. The molecule has 1 fully saturated rings. The number of rotatable bonds is 8. The van der Waals surface area contributed by atoms with Crippen LogP contribution in [0.1, 0.15) is 31.7 Å². The molecule has 0 amide bonds. The van der Waals surface area contributed by atoms with E-state index in [0.717, 1.165) is 31.4 Å². The second-order valence-corrected chi connectivity index (χ2v) is 4.60. The van der Waals surface area contributed by atoms with Gasteiger partial charge in [0.25, 0.3) is 0 Å². The van der Waals surface area contributed by atoms with Crippen LogP contribution in [0, 0.1) is 0 Å². The van der Waals surface area contributed by atoms with Gasteiger partial charge in [-0.1, -0.05) is 5.16 Å². The second kappa shape index (κ2) is 9.31. The van der Waals surface area contributed by atoms with Crippen molar-refractivity contribution in [3.05, 3.63) is 23.9 Å². The van der Waals surface area contributed by atoms with Crippen molar-refractivity contribution in [1.29, 1.82) is 0 Å². The summed E-state index contributed by atoms with van der Waals surface area (Å²) in [6.45, 7) is 4.19. The highest BCUT2D eigenvalue weighted by atomic mass is 16.7. The number of pyridine rings is 1. The summed E-state index contributed by atoms with van der Waals surface area (Å²) in [6, 6.07) is 3.67. The predicted molar refractivity (Wildman–Crippen MR) is 78.5 cm³/mol. The summed E-state index contributed by atoms with van der Waals surface area (Å²) in [5.74, 6) is 0.608. The Morgan fingerprint density at radius 3 is 3.05 bits per heavy atom. The van der Waals surface area contributed by atoms with E-state index in [1.807, 2.05) is 13.0 Å². The first kappa shape index (κ1) is 15.7. The van der Waals surface area contributed by atoms with E-state index in [1.54, 1.807) is 18.5 Å². The zero-order chi connectivity index (χ0) is 14.8. The number of hydrogen-bond acceptors (Lipinski definition) is 6. The van der Waals surface area contributed by atoms with Gasteiger partial charge in [-0.3, -0.25) is 0 Å². The molecule has 1 aliphatic heterocycles. The largest absolute Gasteiger partial charge is 0.478 e. The van der Waals surface area contributed by atoms with Gasteiger partial charge in [-0.25, -0.2) is 4.98 Å². The minimum atomic E-state index is -0.0818. The minimum absolute atomic E-state index is 0.0818. The van der Waals surface area contributed by atoms with Crippen molar-refractivity contribution >= 4 is 6.21 Å². The molecule has 0 radical (unpaired) electrons. The van der Waals surface area contributed by atoms with Crippen molar-refractivity contribution in [2.45, 2.75) is 32.5 Å². The van der Waals surface area contributed by atoms with E-state index in [-0.39, 0.29) is 6.29 Å². The van der Waals surface area contributed by atoms with Gasteiger partial charge in [0.15, 0.2) is 6.29 Å². The summed E-state index contributed by atoms with van der Waals surface area (Å²) >= 11 is 0. The Morgan fingerprint density at radius 2 is 2.33 bits per heavy atom. The molecule has 1 aromatic rings. The predicted octanol–water partition coefficient (Wildman–Crippen LogP) is 2.37. The molecule has 0 saturated carbocycles. The highest BCUT2D eigenvalue weighted by Crippen LogP contribution is 2.13. The Bertz CT molecular complexity index is 416. The van der Waals surface area contributed by atoms with Crippen molar-refractivity contribution in [2.24, 2.45) is 5.16 Å². The normalized spacial score (nSPS) is 18.8. The van der Waals surface area contributed by atoms with E-state index in [4.69, 9.17) is 19.0 Å². The van der Waals surface area contributed by atoms with Gasteiger partial charge in [0.2, 0.25) is 5.88 Å². The molecule has 1 aliphatic rings. The quantitative estimate of drug-likeness (QED) is 0.418. The molecule has 1 aromatic heterocycles. The lowest BCUT2D eigenvalue weighted by Crippen LogP contribution is -2.23. The summed E-state index contributed by atoms with van der Waals surface area (Å²) in [5, 5.41) is 3.87. The molecule has 1 atom stereocenters. The van der Waals surface area contributed by atoms with Crippen molar-refractivity contribution in [3.8, 4) is 5.88 Å². The van der Waals surface area contributed by atoms with Crippen LogP contribution in [0.4, 0.5) is 0 Å². The van der Waals surface area contributed by atoms with Gasteiger partial charge < -0.3 is 19.0 Å². The first-order valence-corrected chi connectivity index (χ1v) is 7.36. The molecule has 1 unspecified atom stereocenters. The molecule has 6 heteroatoms. The summed E-state index contributed by atoms with van der Waals surface area (Å²) in [6.07, 6.45) is 6.46. The van der Waals surface area contributed by atoms with Gasteiger partial charge in [0.05, 0.1) is 19.4 Å². The molecule has 6 nitrogen and oxygen atoms in total. The maximum absolute atomic E-state index is 5.53. The Labute approximate surface area is 125 Å². The van der Waals surface area contributed by atoms with E-state index in [0.29, 0.717) is 25.7 Å². The molecule has 2 heterocycles. The molecular formula is C15H22N2O4. The van der Waals surface area contributed by atoms with Crippen molar-refractivity contribution in [3.63, 3.8) is 0 Å². The Kier molecular flexibility index (Phi) is 6.97. The number of nitrogens with zero attached hydrogens (tertiary/aromatic N) is 2. The topological polar surface area (TPSA) is 62.2 Å². The van der Waals surface area contributed by atoms with Gasteiger partial charge in [-0.15, -0.1) is 0 Å². The van der Waals surface area contributed by atoms with Gasteiger partial charge in [-0.05, 0) is 32.3 Å². The third kappa shape index (κ3) is 6.10. The molecule has 0 aliphatic carbocycles. The fourth-order valence-electron chi connectivity index (χ4n) is 1.91. The molecule has 1 saturated heterocycles. The average molecular weight is 294 g/mol. The average Bonchev–Trinajstić information content (AvgIpc) is 2.53. The molecule has 2 rings (SSSR count). The fraction of sp³-hybridized carbons (Fsp3) is 0.600. The lowest BCUT2D eigenvalue weighted by Gasteiger charge is -2.22.